The SMILES string of the molecule is CC(=O)Nc1ccc(C[C@H](N)C(=O)N2CCn3c(nc(-c4ccc(F)cc4)c3Nc3ccc(C)cc3)C2)cc1.S. The molecule has 0 fully saturated rings. The molecule has 2 amide bonds. The predicted octanol–water partition coefficient (Wildman–Crippen LogP) is 4.72. The summed E-state index contributed by atoms with van der Waals surface area (Å²) < 4.78 is 15.7. The minimum Gasteiger partial charge on any atom is -0.340 e. The minimum atomic E-state index is -0.708. The zero-order chi connectivity index (χ0) is 27.5. The number of nitrogens with two attached hydrogens (primary N) is 1. The Bertz CT molecular complexity index is 1490. The highest BCUT2D eigenvalue weighted by Crippen LogP contribution is 2.33. The van der Waals surface area contributed by atoms with E-state index in [4.69, 9.17) is 10.7 Å². The molecule has 0 unspecified atom stereocenters. The number of benzene rings is 3. The summed E-state index contributed by atoms with van der Waals surface area (Å²) in [6.07, 6.45) is 0.380. The molecule has 4 N–H and O–H groups in total. The number of carbonyl (C=O) groups excluding carboxylic acids is 2. The molecule has 8 nitrogen and oxygen atoms in total. The van der Waals surface area contributed by atoms with Gasteiger partial charge < -0.3 is 25.8 Å². The maximum Gasteiger partial charge on any atom is 0.240 e. The summed E-state index contributed by atoms with van der Waals surface area (Å²) in [4.78, 5) is 31.2. The topological polar surface area (TPSA) is 105 Å². The lowest BCUT2D eigenvalue weighted by molar-refractivity contribution is -0.134. The smallest absolute Gasteiger partial charge is 0.240 e. The van der Waals surface area contributed by atoms with Crippen LogP contribution in [0.5, 0.6) is 0 Å². The van der Waals surface area contributed by atoms with E-state index in [0.717, 1.165) is 34.0 Å². The average molecular weight is 561 g/mol. The van der Waals surface area contributed by atoms with Crippen LogP contribution in [0, 0.1) is 12.7 Å². The molecular weight excluding hydrogens is 527 g/mol. The summed E-state index contributed by atoms with van der Waals surface area (Å²) in [7, 11) is 0. The van der Waals surface area contributed by atoms with Crippen molar-refractivity contribution < 1.29 is 14.0 Å². The summed E-state index contributed by atoms with van der Waals surface area (Å²) in [6, 6.07) is 20.9. The third kappa shape index (κ3) is 6.52. The Balaban J connectivity index is 0.00000370. The van der Waals surface area contributed by atoms with Gasteiger partial charge in [0.25, 0.3) is 0 Å². The summed E-state index contributed by atoms with van der Waals surface area (Å²) >= 11 is 0. The lowest BCUT2D eigenvalue weighted by atomic mass is 10.0. The van der Waals surface area contributed by atoms with Gasteiger partial charge in [0.15, 0.2) is 0 Å². The van der Waals surface area contributed by atoms with Gasteiger partial charge >= 0.3 is 0 Å². The van der Waals surface area contributed by atoms with E-state index in [9.17, 15) is 14.0 Å². The minimum absolute atomic E-state index is 0. The molecule has 10 heteroatoms. The van der Waals surface area contributed by atoms with Gasteiger partial charge in [0.2, 0.25) is 11.8 Å². The monoisotopic (exact) mass is 560 g/mol. The number of halogens is 1. The number of nitrogens with one attached hydrogen (secondary N) is 2. The second-order valence-corrected chi connectivity index (χ2v) is 9.82. The van der Waals surface area contributed by atoms with Gasteiger partial charge in [0.05, 0.1) is 12.6 Å². The van der Waals surface area contributed by atoms with Crippen molar-refractivity contribution in [2.75, 3.05) is 17.2 Å². The van der Waals surface area contributed by atoms with E-state index in [0.29, 0.717) is 37.4 Å². The number of hydrogen-bond donors (Lipinski definition) is 3. The summed E-state index contributed by atoms with van der Waals surface area (Å²) in [5, 5.41) is 6.22. The Morgan fingerprint density at radius 1 is 0.975 bits per heavy atom. The van der Waals surface area contributed by atoms with Gasteiger partial charge in [-0.15, -0.1) is 0 Å². The molecule has 208 valence electrons. The molecule has 4 aromatic rings. The number of aryl methyl sites for hydroxylation is 1. The molecule has 1 atom stereocenters. The highest BCUT2D eigenvalue weighted by Gasteiger charge is 2.29. The second kappa shape index (κ2) is 12.4. The van der Waals surface area contributed by atoms with Crippen LogP contribution in [-0.2, 0) is 29.1 Å². The molecule has 0 bridgehead atoms. The molecule has 0 spiro atoms. The van der Waals surface area contributed by atoms with Crippen molar-refractivity contribution in [3.05, 3.63) is 95.6 Å². The number of carbonyl (C=O) groups is 2. The Labute approximate surface area is 239 Å². The number of aromatic nitrogens is 2. The van der Waals surface area contributed by atoms with Gasteiger partial charge in [0.1, 0.15) is 23.2 Å². The fourth-order valence-electron chi connectivity index (χ4n) is 4.73. The third-order valence-corrected chi connectivity index (χ3v) is 6.76. The number of anilines is 3. The van der Waals surface area contributed by atoms with Crippen LogP contribution < -0.4 is 16.4 Å². The molecule has 1 aromatic heterocycles. The second-order valence-electron chi connectivity index (χ2n) is 9.82. The summed E-state index contributed by atoms with van der Waals surface area (Å²) in [6.45, 7) is 4.84. The van der Waals surface area contributed by atoms with E-state index in [1.165, 1.54) is 19.1 Å². The van der Waals surface area contributed by atoms with Crippen LogP contribution in [0.15, 0.2) is 72.8 Å². The highest BCUT2D eigenvalue weighted by atomic mass is 32.1. The molecule has 40 heavy (non-hydrogen) atoms. The van der Waals surface area contributed by atoms with Crippen molar-refractivity contribution in [2.45, 2.75) is 39.4 Å². The van der Waals surface area contributed by atoms with E-state index in [-0.39, 0.29) is 31.1 Å². The molecule has 2 heterocycles. The fraction of sp³-hybridized carbons (Fsp3) is 0.233. The average Bonchev–Trinajstić information content (AvgIpc) is 3.28. The van der Waals surface area contributed by atoms with Gasteiger partial charge in [-0.1, -0.05) is 29.8 Å². The Kier molecular flexibility index (Phi) is 8.91. The van der Waals surface area contributed by atoms with E-state index >= 15 is 0 Å². The quantitative estimate of drug-likeness (QED) is 0.303. The zero-order valence-electron chi connectivity index (χ0n) is 22.4. The van der Waals surface area contributed by atoms with Crippen molar-refractivity contribution in [3.63, 3.8) is 0 Å². The van der Waals surface area contributed by atoms with E-state index in [1.54, 1.807) is 29.2 Å². The van der Waals surface area contributed by atoms with Crippen molar-refractivity contribution in [1.29, 1.82) is 0 Å². The third-order valence-electron chi connectivity index (χ3n) is 6.76. The number of nitrogens with zero attached hydrogens (tertiary/aromatic N) is 3. The first-order chi connectivity index (χ1) is 18.8. The fourth-order valence-corrected chi connectivity index (χ4v) is 4.73. The number of amides is 2. The maximum atomic E-state index is 13.6. The van der Waals surface area contributed by atoms with Crippen LogP contribution in [0.3, 0.4) is 0 Å². The van der Waals surface area contributed by atoms with Crippen LogP contribution in [0.4, 0.5) is 21.6 Å². The first kappa shape index (κ1) is 28.8. The molecule has 0 radical (unpaired) electrons. The molecule has 5 rings (SSSR count). The summed E-state index contributed by atoms with van der Waals surface area (Å²) in [5.74, 6) is 0.933. The van der Waals surface area contributed by atoms with E-state index < -0.39 is 6.04 Å². The number of fused-ring (bicyclic) bond motifs is 1. The van der Waals surface area contributed by atoms with Gasteiger partial charge in [-0.05, 0) is 67.4 Å². The largest absolute Gasteiger partial charge is 0.340 e. The Morgan fingerprint density at radius 2 is 1.62 bits per heavy atom. The predicted molar refractivity (Wildman–Crippen MR) is 160 cm³/mol. The molecule has 1 aliphatic rings. The van der Waals surface area contributed by atoms with Crippen LogP contribution >= 0.6 is 13.5 Å². The first-order valence-electron chi connectivity index (χ1n) is 12.9. The van der Waals surface area contributed by atoms with Crippen molar-refractivity contribution in [2.24, 2.45) is 5.73 Å². The van der Waals surface area contributed by atoms with Crippen LogP contribution in [0.25, 0.3) is 11.3 Å². The Morgan fingerprint density at radius 3 is 2.27 bits per heavy atom. The van der Waals surface area contributed by atoms with Gasteiger partial charge in [-0.3, -0.25) is 9.59 Å². The van der Waals surface area contributed by atoms with E-state index in [1.807, 2.05) is 43.3 Å². The number of imidazole rings is 1. The maximum absolute atomic E-state index is 13.6. The summed E-state index contributed by atoms with van der Waals surface area (Å²) in [5.41, 5.74) is 11.5. The lowest BCUT2D eigenvalue weighted by Gasteiger charge is -2.30. The van der Waals surface area contributed by atoms with Crippen molar-refractivity contribution in [1.82, 2.24) is 14.5 Å². The number of hydrogen-bond acceptors (Lipinski definition) is 5. The van der Waals surface area contributed by atoms with Crippen LogP contribution in [0.1, 0.15) is 23.9 Å². The van der Waals surface area contributed by atoms with Gasteiger partial charge in [-0.2, -0.15) is 13.5 Å². The van der Waals surface area contributed by atoms with Crippen LogP contribution in [-0.4, -0.2) is 38.9 Å². The molecule has 3 aromatic carbocycles. The first-order valence-corrected chi connectivity index (χ1v) is 12.9. The van der Waals surface area contributed by atoms with E-state index in [2.05, 4.69) is 15.2 Å². The molecule has 0 saturated heterocycles. The molecule has 1 aliphatic heterocycles. The molecule has 0 saturated carbocycles. The van der Waals surface area contributed by atoms with Gasteiger partial charge in [-0.25, -0.2) is 9.37 Å². The number of rotatable bonds is 7. The molecule has 0 aliphatic carbocycles. The normalized spacial score (nSPS) is 13.2. The highest BCUT2D eigenvalue weighted by molar-refractivity contribution is 7.59. The van der Waals surface area contributed by atoms with Crippen LogP contribution in [0.2, 0.25) is 0 Å². The van der Waals surface area contributed by atoms with Crippen molar-refractivity contribution >= 4 is 42.5 Å². The standard InChI is InChI=1S/C30H31FN6O2.H2S/c1-19-3-11-25(12-4-19)34-29-28(22-7-9-23(31)10-8-22)35-27-18-36(15-16-37(27)29)30(39)26(32)17-21-5-13-24(14-6-21)33-20(2)38;/h3-14,26,34H,15-18,32H2,1-2H3,(H,33,38);1H2/t26-;/m0./s1. The van der Waals surface area contributed by atoms with Crippen molar-refractivity contribution in [3.8, 4) is 11.3 Å². The molecular formula is C30H33FN6O2S. The van der Waals surface area contributed by atoms with Gasteiger partial charge in [0, 0.05) is 37.0 Å². The lowest BCUT2D eigenvalue weighted by Crippen LogP contribution is -2.47. The zero-order valence-corrected chi connectivity index (χ0v) is 23.4. The Hall–Kier alpha value is -4.15.